The van der Waals surface area contributed by atoms with Gasteiger partial charge in [0.1, 0.15) is 5.76 Å². The third-order valence-corrected chi connectivity index (χ3v) is 4.69. The molecule has 0 saturated carbocycles. The Kier molecular flexibility index (Phi) is 3.91. The van der Waals surface area contributed by atoms with Gasteiger partial charge in [-0.05, 0) is 29.8 Å². The van der Waals surface area contributed by atoms with Crippen LogP contribution >= 0.6 is 0 Å². The molecule has 2 aliphatic rings. The molecule has 0 saturated heterocycles. The van der Waals surface area contributed by atoms with E-state index >= 15 is 0 Å². The summed E-state index contributed by atoms with van der Waals surface area (Å²) in [5, 5.41) is 5.65. The molecule has 2 aliphatic heterocycles. The summed E-state index contributed by atoms with van der Waals surface area (Å²) in [6, 6.07) is 10.7. The molecule has 4 rings (SSSR count). The second kappa shape index (κ2) is 6.25. The molecule has 7 nitrogen and oxygen atoms in total. The van der Waals surface area contributed by atoms with Crippen molar-refractivity contribution in [3.63, 3.8) is 0 Å². The monoisotopic (exact) mass is 352 g/mol. The van der Waals surface area contributed by atoms with E-state index in [1.807, 2.05) is 49.3 Å². The van der Waals surface area contributed by atoms with Gasteiger partial charge >= 0.3 is 6.03 Å². The zero-order chi connectivity index (χ0) is 18.3. The summed E-state index contributed by atoms with van der Waals surface area (Å²) in [6.07, 6.45) is 1.58. The van der Waals surface area contributed by atoms with E-state index in [9.17, 15) is 9.59 Å². The Bertz CT molecular complexity index is 869. The number of urea groups is 1. The van der Waals surface area contributed by atoms with Crippen LogP contribution in [0.2, 0.25) is 0 Å². The van der Waals surface area contributed by atoms with Gasteiger partial charge in [-0.2, -0.15) is 0 Å². The van der Waals surface area contributed by atoms with Crippen molar-refractivity contribution in [1.82, 2.24) is 15.5 Å². The van der Waals surface area contributed by atoms with Gasteiger partial charge in [0.05, 0.1) is 36.7 Å². The van der Waals surface area contributed by atoms with Gasteiger partial charge in [0.15, 0.2) is 0 Å². The van der Waals surface area contributed by atoms with Crippen molar-refractivity contribution < 1.29 is 14.0 Å². The standard InChI is InChI=1S/C19H20N4O3/c1-22(2)13-7-5-12(6-8-13)17-16-15(20-19(25)21-17)11-23(18(16)24)10-14-4-3-9-26-14/h3-9,17H,10-11H2,1-2H3,(H2,20,21,25). The van der Waals surface area contributed by atoms with Crippen LogP contribution in [0.15, 0.2) is 58.3 Å². The van der Waals surface area contributed by atoms with Crippen LogP contribution in [-0.4, -0.2) is 37.5 Å². The summed E-state index contributed by atoms with van der Waals surface area (Å²) < 4.78 is 5.35. The Morgan fingerprint density at radius 2 is 1.96 bits per heavy atom. The summed E-state index contributed by atoms with van der Waals surface area (Å²) in [5.41, 5.74) is 3.19. The van der Waals surface area contributed by atoms with E-state index in [1.165, 1.54) is 0 Å². The minimum absolute atomic E-state index is 0.0920. The molecule has 0 fully saturated rings. The van der Waals surface area contributed by atoms with E-state index in [4.69, 9.17) is 4.42 Å². The van der Waals surface area contributed by atoms with Crippen molar-refractivity contribution in [1.29, 1.82) is 0 Å². The first-order valence-corrected chi connectivity index (χ1v) is 8.42. The molecule has 3 heterocycles. The molecule has 0 bridgehead atoms. The Morgan fingerprint density at radius 1 is 1.19 bits per heavy atom. The third-order valence-electron chi connectivity index (χ3n) is 4.69. The number of amides is 3. The molecular weight excluding hydrogens is 332 g/mol. The Labute approximate surface area is 151 Å². The fraction of sp³-hybridized carbons (Fsp3) is 0.263. The molecular formula is C19H20N4O3. The lowest BCUT2D eigenvalue weighted by Gasteiger charge is -2.26. The van der Waals surface area contributed by atoms with Gasteiger partial charge in [0.2, 0.25) is 0 Å². The van der Waals surface area contributed by atoms with Crippen LogP contribution < -0.4 is 15.5 Å². The smallest absolute Gasteiger partial charge is 0.319 e. The molecule has 3 amide bonds. The first-order valence-electron chi connectivity index (χ1n) is 8.42. The van der Waals surface area contributed by atoms with Crippen molar-refractivity contribution in [2.24, 2.45) is 0 Å². The Balaban J connectivity index is 1.62. The molecule has 1 unspecified atom stereocenters. The molecule has 7 heteroatoms. The number of nitrogens with one attached hydrogen (secondary N) is 2. The predicted octanol–water partition coefficient (Wildman–Crippen LogP) is 2.00. The molecule has 2 N–H and O–H groups in total. The molecule has 0 spiro atoms. The second-order valence-corrected chi connectivity index (χ2v) is 6.65. The van der Waals surface area contributed by atoms with Crippen molar-refractivity contribution in [3.05, 3.63) is 65.3 Å². The number of carbonyl (C=O) groups is 2. The quantitative estimate of drug-likeness (QED) is 0.882. The van der Waals surface area contributed by atoms with Gasteiger partial charge in [0.25, 0.3) is 5.91 Å². The maximum atomic E-state index is 13.0. The van der Waals surface area contributed by atoms with Crippen molar-refractivity contribution in [2.45, 2.75) is 12.6 Å². The Hall–Kier alpha value is -3.22. The summed E-state index contributed by atoms with van der Waals surface area (Å²) in [6.45, 7) is 0.746. The maximum absolute atomic E-state index is 13.0. The first-order chi connectivity index (χ1) is 12.5. The highest BCUT2D eigenvalue weighted by molar-refractivity contribution is 6.01. The number of benzene rings is 1. The lowest BCUT2D eigenvalue weighted by Crippen LogP contribution is -2.44. The molecule has 26 heavy (non-hydrogen) atoms. The fourth-order valence-electron chi connectivity index (χ4n) is 3.36. The lowest BCUT2D eigenvalue weighted by atomic mass is 9.96. The summed E-state index contributed by atoms with van der Waals surface area (Å²) in [5.74, 6) is 0.620. The van der Waals surface area contributed by atoms with Crippen LogP contribution in [0.25, 0.3) is 0 Å². The number of furan rings is 1. The highest BCUT2D eigenvalue weighted by Gasteiger charge is 2.40. The summed E-state index contributed by atoms with van der Waals surface area (Å²) in [4.78, 5) is 28.7. The third kappa shape index (κ3) is 2.81. The maximum Gasteiger partial charge on any atom is 0.319 e. The number of anilines is 1. The van der Waals surface area contributed by atoms with Crippen LogP contribution in [0.3, 0.4) is 0 Å². The molecule has 134 valence electrons. The average molecular weight is 352 g/mol. The van der Waals surface area contributed by atoms with Crippen LogP contribution in [0.5, 0.6) is 0 Å². The van der Waals surface area contributed by atoms with Crippen molar-refractivity contribution >= 4 is 17.6 Å². The molecule has 0 aliphatic carbocycles. The van der Waals surface area contributed by atoms with E-state index in [-0.39, 0.29) is 11.9 Å². The zero-order valence-electron chi connectivity index (χ0n) is 14.7. The van der Waals surface area contributed by atoms with Crippen molar-refractivity contribution in [2.75, 3.05) is 25.5 Å². The largest absolute Gasteiger partial charge is 0.467 e. The minimum atomic E-state index is -0.455. The first kappa shape index (κ1) is 16.3. The average Bonchev–Trinajstić information content (AvgIpc) is 3.23. The molecule has 1 aromatic carbocycles. The van der Waals surface area contributed by atoms with Gasteiger partial charge in [0, 0.05) is 19.8 Å². The summed E-state index contributed by atoms with van der Waals surface area (Å²) in [7, 11) is 3.93. The van der Waals surface area contributed by atoms with E-state index in [2.05, 4.69) is 10.6 Å². The van der Waals surface area contributed by atoms with Gasteiger partial charge in [-0.3, -0.25) is 4.79 Å². The highest BCUT2D eigenvalue weighted by atomic mass is 16.3. The van der Waals surface area contributed by atoms with Gasteiger partial charge < -0.3 is 24.9 Å². The topological polar surface area (TPSA) is 77.8 Å². The van der Waals surface area contributed by atoms with Crippen LogP contribution in [0.1, 0.15) is 17.4 Å². The second-order valence-electron chi connectivity index (χ2n) is 6.65. The lowest BCUT2D eigenvalue weighted by molar-refractivity contribution is -0.126. The van der Waals surface area contributed by atoms with E-state index < -0.39 is 6.04 Å². The van der Waals surface area contributed by atoms with E-state index in [1.54, 1.807) is 17.2 Å². The number of rotatable bonds is 4. The highest BCUT2D eigenvalue weighted by Crippen LogP contribution is 2.33. The van der Waals surface area contributed by atoms with Crippen LogP contribution in [0.4, 0.5) is 10.5 Å². The fourth-order valence-corrected chi connectivity index (χ4v) is 3.36. The van der Waals surface area contributed by atoms with Gasteiger partial charge in [-0.25, -0.2) is 4.79 Å². The molecule has 0 radical (unpaired) electrons. The minimum Gasteiger partial charge on any atom is -0.467 e. The molecule has 2 aromatic rings. The molecule has 1 aromatic heterocycles. The SMILES string of the molecule is CN(C)c1ccc(C2NC(=O)NC3=C2C(=O)N(Cc2ccco2)C3)cc1. The van der Waals surface area contributed by atoms with E-state index in [0.29, 0.717) is 30.1 Å². The number of hydrogen-bond donors (Lipinski definition) is 2. The predicted molar refractivity (Wildman–Crippen MR) is 96.3 cm³/mol. The van der Waals surface area contributed by atoms with Crippen LogP contribution in [-0.2, 0) is 11.3 Å². The number of hydrogen-bond acceptors (Lipinski definition) is 4. The van der Waals surface area contributed by atoms with Gasteiger partial charge in [-0.1, -0.05) is 12.1 Å². The zero-order valence-corrected chi connectivity index (χ0v) is 14.7. The summed E-state index contributed by atoms with van der Waals surface area (Å²) >= 11 is 0. The Morgan fingerprint density at radius 3 is 2.62 bits per heavy atom. The normalized spacial score (nSPS) is 19.3. The van der Waals surface area contributed by atoms with Crippen LogP contribution in [0, 0.1) is 0 Å². The number of carbonyl (C=O) groups excluding carboxylic acids is 2. The number of nitrogens with zero attached hydrogens (tertiary/aromatic N) is 2. The molecule has 1 atom stereocenters. The van der Waals surface area contributed by atoms with Crippen molar-refractivity contribution in [3.8, 4) is 0 Å². The van der Waals surface area contributed by atoms with E-state index in [0.717, 1.165) is 11.3 Å². The van der Waals surface area contributed by atoms with Gasteiger partial charge in [-0.15, -0.1) is 0 Å².